The smallest absolute Gasteiger partial charge is 0.154 e. The summed E-state index contributed by atoms with van der Waals surface area (Å²) in [5, 5.41) is 14.2. The summed E-state index contributed by atoms with van der Waals surface area (Å²) >= 11 is 0. The van der Waals surface area contributed by atoms with E-state index in [-0.39, 0.29) is 11.9 Å². The molecular formula is C16H15FN4O. The quantitative estimate of drug-likeness (QED) is 0.787. The topological polar surface area (TPSA) is 53.7 Å². The summed E-state index contributed by atoms with van der Waals surface area (Å²) in [7, 11) is 0. The van der Waals surface area contributed by atoms with Crippen LogP contribution in [0.3, 0.4) is 0 Å². The summed E-state index contributed by atoms with van der Waals surface area (Å²) in [5.74, 6) is 0.518. The van der Waals surface area contributed by atoms with Crippen LogP contribution in [0.2, 0.25) is 0 Å². The van der Waals surface area contributed by atoms with Crippen molar-refractivity contribution in [1.29, 1.82) is 0 Å². The van der Waals surface area contributed by atoms with E-state index in [4.69, 9.17) is 0 Å². The molecule has 1 atom stereocenters. The molecule has 0 aliphatic carbocycles. The van der Waals surface area contributed by atoms with E-state index in [1.54, 1.807) is 23.0 Å². The zero-order valence-corrected chi connectivity index (χ0v) is 11.9. The lowest BCUT2D eigenvalue weighted by Gasteiger charge is -2.16. The standard InChI is InChI=1S/C16H15FN4O/c17-12-3-1-2-11(8-12)14-9-15-16(18-5-7-21(15)19-14)20-6-4-13(22)10-20/h1-3,5,7-9,13,22H,4,6,10H2. The number of hydrogen-bond donors (Lipinski definition) is 1. The first kappa shape index (κ1) is 13.2. The van der Waals surface area contributed by atoms with E-state index in [2.05, 4.69) is 15.0 Å². The van der Waals surface area contributed by atoms with Crippen molar-refractivity contribution in [2.45, 2.75) is 12.5 Å². The summed E-state index contributed by atoms with van der Waals surface area (Å²) in [6.07, 6.45) is 3.89. The van der Waals surface area contributed by atoms with Crippen molar-refractivity contribution < 1.29 is 9.50 Å². The van der Waals surface area contributed by atoms with Gasteiger partial charge >= 0.3 is 0 Å². The molecular weight excluding hydrogens is 283 g/mol. The lowest BCUT2D eigenvalue weighted by molar-refractivity contribution is 0.198. The Bertz CT molecular complexity index is 832. The molecule has 1 saturated heterocycles. The van der Waals surface area contributed by atoms with Gasteiger partial charge in [-0.2, -0.15) is 5.10 Å². The van der Waals surface area contributed by atoms with E-state index in [1.165, 1.54) is 12.1 Å². The third-order valence-electron chi connectivity index (χ3n) is 3.95. The number of fused-ring (bicyclic) bond motifs is 1. The molecule has 3 heterocycles. The van der Waals surface area contributed by atoms with Crippen molar-refractivity contribution in [3.63, 3.8) is 0 Å². The molecule has 2 aromatic heterocycles. The van der Waals surface area contributed by atoms with Gasteiger partial charge in [-0.3, -0.25) is 0 Å². The third kappa shape index (κ3) is 2.21. The number of β-amino-alcohol motifs (C(OH)–C–C–N with tert-alkyl or cyclic N) is 1. The number of nitrogens with zero attached hydrogens (tertiary/aromatic N) is 4. The van der Waals surface area contributed by atoms with Crippen LogP contribution in [-0.2, 0) is 0 Å². The average Bonchev–Trinajstić information content (AvgIpc) is 3.13. The molecule has 0 radical (unpaired) electrons. The maximum absolute atomic E-state index is 13.4. The Hall–Kier alpha value is -2.47. The maximum atomic E-state index is 13.4. The molecule has 0 saturated carbocycles. The zero-order chi connectivity index (χ0) is 15.1. The van der Waals surface area contributed by atoms with Gasteiger partial charge in [0.25, 0.3) is 0 Å². The van der Waals surface area contributed by atoms with Crippen molar-refractivity contribution in [3.8, 4) is 11.3 Å². The lowest BCUT2D eigenvalue weighted by Crippen LogP contribution is -2.22. The van der Waals surface area contributed by atoms with Crippen LogP contribution in [0.5, 0.6) is 0 Å². The number of aromatic nitrogens is 3. The summed E-state index contributed by atoms with van der Waals surface area (Å²) in [5.41, 5.74) is 2.29. The molecule has 22 heavy (non-hydrogen) atoms. The van der Waals surface area contributed by atoms with Crippen molar-refractivity contribution in [2.24, 2.45) is 0 Å². The minimum Gasteiger partial charge on any atom is -0.391 e. The Labute approximate surface area is 126 Å². The number of hydrogen-bond acceptors (Lipinski definition) is 4. The average molecular weight is 298 g/mol. The molecule has 1 aliphatic rings. The van der Waals surface area contributed by atoms with Gasteiger partial charge in [0.2, 0.25) is 0 Å². The number of aliphatic hydroxyl groups is 1. The van der Waals surface area contributed by atoms with Crippen LogP contribution in [-0.4, -0.2) is 38.9 Å². The Kier molecular flexibility index (Phi) is 3.04. The SMILES string of the molecule is OC1CCN(c2nccn3nc(-c4cccc(F)c4)cc23)C1. The monoisotopic (exact) mass is 298 g/mol. The second kappa shape index (κ2) is 5.06. The fraction of sp³-hybridized carbons (Fsp3) is 0.250. The number of rotatable bonds is 2. The van der Waals surface area contributed by atoms with Gasteiger partial charge in [0.15, 0.2) is 5.82 Å². The number of aliphatic hydroxyl groups excluding tert-OH is 1. The number of anilines is 1. The maximum Gasteiger partial charge on any atom is 0.154 e. The van der Waals surface area contributed by atoms with Gasteiger partial charge in [-0.05, 0) is 24.6 Å². The van der Waals surface area contributed by atoms with Crippen molar-refractivity contribution >= 4 is 11.3 Å². The fourth-order valence-electron chi connectivity index (χ4n) is 2.88. The first-order valence-corrected chi connectivity index (χ1v) is 7.24. The van der Waals surface area contributed by atoms with Crippen LogP contribution in [0.4, 0.5) is 10.2 Å². The van der Waals surface area contributed by atoms with E-state index in [9.17, 15) is 9.50 Å². The Morgan fingerprint density at radius 1 is 1.27 bits per heavy atom. The van der Waals surface area contributed by atoms with Gasteiger partial charge in [0.05, 0.1) is 11.8 Å². The molecule has 0 bridgehead atoms. The first-order valence-electron chi connectivity index (χ1n) is 7.24. The first-order chi connectivity index (χ1) is 10.7. The summed E-state index contributed by atoms with van der Waals surface area (Å²) < 4.78 is 15.1. The van der Waals surface area contributed by atoms with Crippen molar-refractivity contribution in [3.05, 3.63) is 48.5 Å². The molecule has 1 fully saturated rings. The Morgan fingerprint density at radius 3 is 2.95 bits per heavy atom. The highest BCUT2D eigenvalue weighted by Crippen LogP contribution is 2.27. The Morgan fingerprint density at radius 2 is 2.18 bits per heavy atom. The molecule has 1 aromatic carbocycles. The van der Waals surface area contributed by atoms with Crippen LogP contribution < -0.4 is 4.90 Å². The van der Waals surface area contributed by atoms with Gasteiger partial charge in [0.1, 0.15) is 11.3 Å². The molecule has 1 unspecified atom stereocenters. The predicted octanol–water partition coefficient (Wildman–Crippen LogP) is 2.11. The van der Waals surface area contributed by atoms with E-state index in [1.807, 2.05) is 12.1 Å². The number of halogens is 1. The number of benzene rings is 1. The van der Waals surface area contributed by atoms with Crippen LogP contribution in [0.1, 0.15) is 6.42 Å². The normalized spacial score (nSPS) is 18.3. The van der Waals surface area contributed by atoms with E-state index in [0.29, 0.717) is 12.2 Å². The predicted molar refractivity (Wildman–Crippen MR) is 81.2 cm³/mol. The highest BCUT2D eigenvalue weighted by molar-refractivity contribution is 5.75. The van der Waals surface area contributed by atoms with Gasteiger partial charge in [0, 0.05) is 31.0 Å². The molecule has 1 N–H and O–H groups in total. The molecule has 112 valence electrons. The summed E-state index contributed by atoms with van der Waals surface area (Å²) in [6, 6.07) is 8.29. The van der Waals surface area contributed by atoms with Crippen LogP contribution in [0.15, 0.2) is 42.7 Å². The van der Waals surface area contributed by atoms with E-state index < -0.39 is 0 Å². The second-order valence-electron chi connectivity index (χ2n) is 5.51. The van der Waals surface area contributed by atoms with Crippen molar-refractivity contribution in [1.82, 2.24) is 14.6 Å². The van der Waals surface area contributed by atoms with E-state index in [0.717, 1.165) is 29.9 Å². The minimum atomic E-state index is -0.312. The van der Waals surface area contributed by atoms with Crippen LogP contribution in [0.25, 0.3) is 16.8 Å². The van der Waals surface area contributed by atoms with Gasteiger partial charge in [-0.25, -0.2) is 13.9 Å². The minimum absolute atomic E-state index is 0.282. The molecule has 6 heteroatoms. The molecule has 3 aromatic rings. The highest BCUT2D eigenvalue weighted by Gasteiger charge is 2.23. The third-order valence-corrected chi connectivity index (χ3v) is 3.95. The van der Waals surface area contributed by atoms with Crippen LogP contribution in [0, 0.1) is 5.82 Å². The van der Waals surface area contributed by atoms with Crippen LogP contribution >= 0.6 is 0 Å². The molecule has 4 rings (SSSR count). The lowest BCUT2D eigenvalue weighted by atomic mass is 10.1. The van der Waals surface area contributed by atoms with Gasteiger partial charge < -0.3 is 10.0 Å². The molecule has 0 spiro atoms. The second-order valence-corrected chi connectivity index (χ2v) is 5.51. The van der Waals surface area contributed by atoms with E-state index >= 15 is 0 Å². The van der Waals surface area contributed by atoms with Crippen molar-refractivity contribution in [2.75, 3.05) is 18.0 Å². The molecule has 0 amide bonds. The summed E-state index contributed by atoms with van der Waals surface area (Å²) in [6.45, 7) is 1.35. The Balaban J connectivity index is 1.81. The molecule has 1 aliphatic heterocycles. The summed E-state index contributed by atoms with van der Waals surface area (Å²) in [4.78, 5) is 6.48. The molecule has 5 nitrogen and oxygen atoms in total. The fourth-order valence-corrected chi connectivity index (χ4v) is 2.88. The zero-order valence-electron chi connectivity index (χ0n) is 11.9. The van der Waals surface area contributed by atoms with Gasteiger partial charge in [-0.15, -0.1) is 0 Å². The van der Waals surface area contributed by atoms with Gasteiger partial charge in [-0.1, -0.05) is 12.1 Å². The largest absolute Gasteiger partial charge is 0.391 e. The highest BCUT2D eigenvalue weighted by atomic mass is 19.1.